The van der Waals surface area contributed by atoms with Crippen molar-refractivity contribution >= 4 is 27.5 Å². The number of hydrogen-bond donors (Lipinski definition) is 1. The summed E-state index contributed by atoms with van der Waals surface area (Å²) in [5.74, 6) is 0.0366. The Kier molecular flexibility index (Phi) is 3.09. The molecule has 108 valence electrons. The van der Waals surface area contributed by atoms with Gasteiger partial charge in [0.05, 0.1) is 0 Å². The van der Waals surface area contributed by atoms with Gasteiger partial charge in [0.1, 0.15) is 15.4 Å². The van der Waals surface area contributed by atoms with Gasteiger partial charge < -0.3 is 14.4 Å². The zero-order valence-corrected chi connectivity index (χ0v) is 12.3. The molecule has 0 spiro atoms. The summed E-state index contributed by atoms with van der Waals surface area (Å²) in [7, 11) is 0. The maximum atomic E-state index is 11.1. The third kappa shape index (κ3) is 2.23. The third-order valence-corrected chi connectivity index (χ3v) is 4.22. The van der Waals surface area contributed by atoms with Crippen LogP contribution in [0.4, 0.5) is 0 Å². The van der Waals surface area contributed by atoms with Crippen LogP contribution in [0.2, 0.25) is 0 Å². The Hall–Kier alpha value is -2.48. The maximum Gasteiger partial charge on any atom is 0.346 e. The van der Waals surface area contributed by atoms with Gasteiger partial charge in [0.15, 0.2) is 11.5 Å². The largest absolute Gasteiger partial charge is 0.477 e. The maximum absolute atomic E-state index is 11.1. The van der Waals surface area contributed by atoms with E-state index in [1.54, 1.807) is 27.0 Å². The van der Waals surface area contributed by atoms with Crippen molar-refractivity contribution in [1.29, 1.82) is 0 Å². The molecule has 0 unspecified atom stereocenters. The minimum absolute atomic E-state index is 0.134. The van der Waals surface area contributed by atoms with Crippen LogP contribution in [0.5, 0.6) is 11.8 Å². The summed E-state index contributed by atoms with van der Waals surface area (Å²) in [5.41, 5.74) is 1.26. The average molecular weight is 305 g/mol. The Balaban J connectivity index is 2.04. The zero-order chi connectivity index (χ0) is 15.1. The number of carboxylic acid groups (broad SMARTS) is 1. The molecule has 3 heterocycles. The Morgan fingerprint density at radius 3 is 2.76 bits per heavy atom. The first kappa shape index (κ1) is 13.5. The number of carbonyl (C=O) groups is 1. The van der Waals surface area contributed by atoms with E-state index >= 15 is 0 Å². The molecule has 21 heavy (non-hydrogen) atoms. The smallest absolute Gasteiger partial charge is 0.346 e. The monoisotopic (exact) mass is 305 g/mol. The number of carboxylic acids is 1. The number of hydrogen-bond acceptors (Lipinski definition) is 7. The molecule has 0 aliphatic carbocycles. The molecule has 0 bridgehead atoms. The van der Waals surface area contributed by atoms with E-state index in [9.17, 15) is 4.79 Å². The second kappa shape index (κ2) is 4.81. The van der Waals surface area contributed by atoms with E-state index in [1.807, 2.05) is 0 Å². The number of nitrogens with zero attached hydrogens (tertiary/aromatic N) is 3. The van der Waals surface area contributed by atoms with Crippen molar-refractivity contribution < 1.29 is 19.2 Å². The van der Waals surface area contributed by atoms with E-state index in [2.05, 4.69) is 15.1 Å². The Morgan fingerprint density at radius 2 is 2.14 bits per heavy atom. The lowest BCUT2D eigenvalue weighted by molar-refractivity contribution is 0.0701. The SMILES string of the molecule is Cc1noc(C)c1Oc1ncc2c(C)c(C(=O)O)sc2n1. The van der Waals surface area contributed by atoms with Crippen molar-refractivity contribution in [3.05, 3.63) is 28.1 Å². The molecule has 0 radical (unpaired) electrons. The lowest BCUT2D eigenvalue weighted by Crippen LogP contribution is -1.94. The first-order chi connectivity index (χ1) is 9.97. The number of rotatable bonds is 3. The van der Waals surface area contributed by atoms with E-state index < -0.39 is 5.97 Å². The highest BCUT2D eigenvalue weighted by atomic mass is 32.1. The van der Waals surface area contributed by atoms with Gasteiger partial charge in [-0.05, 0) is 19.4 Å². The molecular formula is C13H11N3O4S. The number of aryl methyl sites for hydroxylation is 3. The number of aromatic carboxylic acids is 1. The van der Waals surface area contributed by atoms with Crippen LogP contribution >= 0.6 is 11.3 Å². The number of aromatic nitrogens is 3. The van der Waals surface area contributed by atoms with E-state index in [1.165, 1.54) is 0 Å². The second-order valence-electron chi connectivity index (χ2n) is 4.49. The molecule has 0 aliphatic rings. The molecule has 0 fully saturated rings. The fraction of sp³-hybridized carbons (Fsp3) is 0.231. The van der Waals surface area contributed by atoms with Crippen LogP contribution in [0.25, 0.3) is 10.2 Å². The second-order valence-corrected chi connectivity index (χ2v) is 5.49. The highest BCUT2D eigenvalue weighted by Crippen LogP contribution is 2.32. The van der Waals surface area contributed by atoms with Crippen LogP contribution in [0.15, 0.2) is 10.7 Å². The molecular weight excluding hydrogens is 294 g/mol. The Bertz CT molecular complexity index is 833. The zero-order valence-electron chi connectivity index (χ0n) is 11.5. The van der Waals surface area contributed by atoms with Gasteiger partial charge in [-0.15, -0.1) is 11.3 Å². The first-order valence-electron chi connectivity index (χ1n) is 6.07. The Morgan fingerprint density at radius 1 is 1.38 bits per heavy atom. The summed E-state index contributed by atoms with van der Waals surface area (Å²) in [6.45, 7) is 5.22. The summed E-state index contributed by atoms with van der Waals surface area (Å²) >= 11 is 1.10. The summed E-state index contributed by atoms with van der Waals surface area (Å²) in [4.78, 5) is 20.3. The van der Waals surface area contributed by atoms with E-state index in [0.717, 1.165) is 11.3 Å². The fourth-order valence-electron chi connectivity index (χ4n) is 1.95. The number of ether oxygens (including phenoxy) is 1. The van der Waals surface area contributed by atoms with Crippen molar-refractivity contribution in [3.63, 3.8) is 0 Å². The standard InChI is InChI=1S/C13H11N3O4S/c1-5-8-4-14-13(15-11(8)21-10(5)12(17)18)19-9-6(2)16-20-7(9)3/h4H,1-3H3,(H,17,18). The molecule has 0 saturated heterocycles. The minimum atomic E-state index is -0.969. The normalized spacial score (nSPS) is 11.0. The topological polar surface area (TPSA) is 98.3 Å². The fourth-order valence-corrected chi connectivity index (χ4v) is 2.93. The molecule has 0 amide bonds. The van der Waals surface area contributed by atoms with Crippen molar-refractivity contribution in [2.24, 2.45) is 0 Å². The molecule has 0 saturated carbocycles. The highest BCUT2D eigenvalue weighted by molar-refractivity contribution is 7.20. The predicted octanol–water partition coefficient (Wildman–Crippen LogP) is 3.10. The van der Waals surface area contributed by atoms with Crippen LogP contribution in [0, 0.1) is 20.8 Å². The van der Waals surface area contributed by atoms with Crippen molar-refractivity contribution in [3.8, 4) is 11.8 Å². The summed E-state index contributed by atoms with van der Waals surface area (Å²) in [6.07, 6.45) is 1.56. The van der Waals surface area contributed by atoms with Crippen LogP contribution in [-0.4, -0.2) is 26.2 Å². The third-order valence-electron chi connectivity index (χ3n) is 3.03. The van der Waals surface area contributed by atoms with E-state index in [4.69, 9.17) is 14.4 Å². The van der Waals surface area contributed by atoms with Gasteiger partial charge in [-0.25, -0.2) is 9.78 Å². The van der Waals surface area contributed by atoms with Gasteiger partial charge in [0.2, 0.25) is 0 Å². The summed E-state index contributed by atoms with van der Waals surface area (Å²) < 4.78 is 10.6. The van der Waals surface area contributed by atoms with Gasteiger partial charge in [-0.1, -0.05) is 5.16 Å². The number of fused-ring (bicyclic) bond motifs is 1. The van der Waals surface area contributed by atoms with Gasteiger partial charge in [0, 0.05) is 18.5 Å². The highest BCUT2D eigenvalue weighted by Gasteiger charge is 2.18. The van der Waals surface area contributed by atoms with Crippen LogP contribution in [0.3, 0.4) is 0 Å². The molecule has 1 N–H and O–H groups in total. The predicted molar refractivity (Wildman–Crippen MR) is 75.2 cm³/mol. The molecule has 0 aliphatic heterocycles. The van der Waals surface area contributed by atoms with E-state index in [-0.39, 0.29) is 10.9 Å². The van der Waals surface area contributed by atoms with E-state index in [0.29, 0.717) is 33.0 Å². The van der Waals surface area contributed by atoms with Gasteiger partial charge in [-0.2, -0.15) is 4.98 Å². The quantitative estimate of drug-likeness (QED) is 0.793. The lowest BCUT2D eigenvalue weighted by Gasteiger charge is -2.02. The van der Waals surface area contributed by atoms with Crippen LogP contribution in [-0.2, 0) is 0 Å². The van der Waals surface area contributed by atoms with Crippen LogP contribution in [0.1, 0.15) is 26.7 Å². The minimum Gasteiger partial charge on any atom is -0.477 e. The van der Waals surface area contributed by atoms with Gasteiger partial charge in [-0.3, -0.25) is 0 Å². The van der Waals surface area contributed by atoms with Crippen molar-refractivity contribution in [1.82, 2.24) is 15.1 Å². The van der Waals surface area contributed by atoms with Crippen molar-refractivity contribution in [2.75, 3.05) is 0 Å². The molecule has 3 aromatic heterocycles. The molecule has 8 heteroatoms. The first-order valence-corrected chi connectivity index (χ1v) is 6.89. The number of thiophene rings is 1. The molecule has 0 aromatic carbocycles. The molecule has 7 nitrogen and oxygen atoms in total. The van der Waals surface area contributed by atoms with Gasteiger partial charge in [0.25, 0.3) is 0 Å². The summed E-state index contributed by atoms with van der Waals surface area (Å²) in [5, 5.41) is 13.6. The lowest BCUT2D eigenvalue weighted by atomic mass is 10.2. The summed E-state index contributed by atoms with van der Waals surface area (Å²) in [6, 6.07) is 0.134. The van der Waals surface area contributed by atoms with Gasteiger partial charge >= 0.3 is 12.0 Å². The molecule has 0 atom stereocenters. The Labute approximate surface area is 123 Å². The van der Waals surface area contributed by atoms with Crippen molar-refractivity contribution in [2.45, 2.75) is 20.8 Å². The molecule has 3 rings (SSSR count). The average Bonchev–Trinajstić information content (AvgIpc) is 2.93. The van der Waals surface area contributed by atoms with Crippen LogP contribution < -0.4 is 4.74 Å². The molecule has 3 aromatic rings.